The van der Waals surface area contributed by atoms with Gasteiger partial charge in [0.1, 0.15) is 0 Å². The predicted octanol–water partition coefficient (Wildman–Crippen LogP) is 2.21. The van der Waals surface area contributed by atoms with E-state index in [4.69, 9.17) is 4.52 Å². The maximum absolute atomic E-state index is 10.8. The molecule has 0 aliphatic heterocycles. The van der Waals surface area contributed by atoms with Crippen molar-refractivity contribution in [3.05, 3.63) is 45.6 Å². The second-order valence-electron chi connectivity index (χ2n) is 3.84. The van der Waals surface area contributed by atoms with Gasteiger partial charge in [-0.3, -0.25) is 10.1 Å². The van der Waals surface area contributed by atoms with Gasteiger partial charge in [-0.05, 0) is 13.0 Å². The molecule has 0 radical (unpaired) electrons. The van der Waals surface area contributed by atoms with Gasteiger partial charge < -0.3 is 9.84 Å². The Balaban J connectivity index is 2.10. The van der Waals surface area contributed by atoms with E-state index in [-0.39, 0.29) is 5.69 Å². The Morgan fingerprint density at radius 3 is 2.83 bits per heavy atom. The zero-order valence-corrected chi connectivity index (χ0v) is 10.0. The van der Waals surface area contributed by atoms with Gasteiger partial charge in [-0.1, -0.05) is 11.2 Å². The van der Waals surface area contributed by atoms with Gasteiger partial charge in [0.05, 0.1) is 11.5 Å². The summed E-state index contributed by atoms with van der Waals surface area (Å²) in [5.41, 5.74) is 1.36. The molecular weight excluding hydrogens is 236 g/mol. The van der Waals surface area contributed by atoms with Gasteiger partial charge in [0, 0.05) is 24.2 Å². The molecule has 7 nitrogen and oxygen atoms in total. The number of benzene rings is 1. The van der Waals surface area contributed by atoms with Crippen LogP contribution in [0.4, 0.5) is 11.4 Å². The highest BCUT2D eigenvalue weighted by Gasteiger charge is 2.11. The van der Waals surface area contributed by atoms with Gasteiger partial charge in [0.25, 0.3) is 5.69 Å². The number of anilines is 1. The molecule has 0 saturated carbocycles. The summed E-state index contributed by atoms with van der Waals surface area (Å²) < 4.78 is 4.82. The molecule has 0 fully saturated rings. The van der Waals surface area contributed by atoms with Crippen LogP contribution in [0, 0.1) is 24.0 Å². The van der Waals surface area contributed by atoms with Crippen molar-refractivity contribution in [1.82, 2.24) is 10.1 Å². The monoisotopic (exact) mass is 248 g/mol. The second kappa shape index (κ2) is 4.82. The van der Waals surface area contributed by atoms with E-state index in [0.29, 0.717) is 29.5 Å². The van der Waals surface area contributed by atoms with E-state index in [1.54, 1.807) is 26.0 Å². The lowest BCUT2D eigenvalue weighted by molar-refractivity contribution is -0.385. The van der Waals surface area contributed by atoms with E-state index in [2.05, 4.69) is 15.5 Å². The Bertz CT molecular complexity index is 579. The third-order valence-electron chi connectivity index (χ3n) is 2.43. The van der Waals surface area contributed by atoms with E-state index >= 15 is 0 Å². The van der Waals surface area contributed by atoms with Crippen molar-refractivity contribution in [2.24, 2.45) is 0 Å². The summed E-state index contributed by atoms with van der Waals surface area (Å²) in [6.07, 6.45) is 0. The zero-order chi connectivity index (χ0) is 13.1. The average Bonchev–Trinajstić information content (AvgIpc) is 2.74. The molecule has 1 heterocycles. The molecule has 2 rings (SSSR count). The summed E-state index contributed by atoms with van der Waals surface area (Å²) in [7, 11) is 0. The number of nitrogens with one attached hydrogen (secondary N) is 1. The van der Waals surface area contributed by atoms with Crippen molar-refractivity contribution in [1.29, 1.82) is 0 Å². The Labute approximate surface area is 103 Å². The van der Waals surface area contributed by atoms with Crippen LogP contribution in [0.1, 0.15) is 17.3 Å². The molecule has 94 valence electrons. The van der Waals surface area contributed by atoms with Crippen LogP contribution in [0.25, 0.3) is 0 Å². The predicted molar refractivity (Wildman–Crippen MR) is 64.2 cm³/mol. The van der Waals surface area contributed by atoms with Crippen LogP contribution >= 0.6 is 0 Å². The lowest BCUT2D eigenvalue weighted by Crippen LogP contribution is -2.02. The number of nitro groups is 1. The van der Waals surface area contributed by atoms with Crippen molar-refractivity contribution in [3.8, 4) is 0 Å². The minimum atomic E-state index is -0.404. The highest BCUT2D eigenvalue weighted by molar-refractivity contribution is 5.54. The highest BCUT2D eigenvalue weighted by Crippen LogP contribution is 2.22. The molecule has 1 aromatic heterocycles. The number of nitrogens with zero attached hydrogens (tertiary/aromatic N) is 3. The Morgan fingerprint density at radius 1 is 1.44 bits per heavy atom. The lowest BCUT2D eigenvalue weighted by Gasteiger charge is -2.04. The number of aromatic nitrogens is 2. The molecule has 0 aliphatic carbocycles. The van der Waals surface area contributed by atoms with E-state index in [0.717, 1.165) is 0 Å². The molecule has 0 amide bonds. The van der Waals surface area contributed by atoms with Gasteiger partial charge >= 0.3 is 0 Å². The third-order valence-corrected chi connectivity index (χ3v) is 2.43. The van der Waals surface area contributed by atoms with Crippen molar-refractivity contribution in [2.75, 3.05) is 5.32 Å². The van der Waals surface area contributed by atoms with E-state index in [1.807, 2.05) is 0 Å². The first kappa shape index (κ1) is 12.0. The molecule has 0 unspecified atom stereocenters. The first-order valence-corrected chi connectivity index (χ1v) is 5.34. The van der Waals surface area contributed by atoms with Crippen LogP contribution in [0.2, 0.25) is 0 Å². The highest BCUT2D eigenvalue weighted by atomic mass is 16.6. The first-order valence-electron chi connectivity index (χ1n) is 5.34. The van der Waals surface area contributed by atoms with Gasteiger partial charge in [-0.15, -0.1) is 0 Å². The Morgan fingerprint density at radius 2 is 2.22 bits per heavy atom. The van der Waals surface area contributed by atoms with Crippen molar-refractivity contribution >= 4 is 11.4 Å². The summed E-state index contributed by atoms with van der Waals surface area (Å²) in [4.78, 5) is 14.4. The third kappa shape index (κ3) is 2.62. The smallest absolute Gasteiger partial charge is 0.274 e. The average molecular weight is 248 g/mol. The van der Waals surface area contributed by atoms with Crippen LogP contribution in [0.3, 0.4) is 0 Å². The SMILES string of the molecule is Cc1nc(CNc2ccc(C)c([N+](=O)[O-])c2)no1. The fourth-order valence-corrected chi connectivity index (χ4v) is 1.51. The maximum atomic E-state index is 10.8. The summed E-state index contributed by atoms with van der Waals surface area (Å²) in [6.45, 7) is 3.76. The minimum Gasteiger partial charge on any atom is -0.377 e. The molecule has 1 aromatic carbocycles. The molecule has 0 aliphatic rings. The summed E-state index contributed by atoms with van der Waals surface area (Å²) >= 11 is 0. The molecule has 18 heavy (non-hydrogen) atoms. The van der Waals surface area contributed by atoms with Gasteiger partial charge in [0.15, 0.2) is 5.82 Å². The van der Waals surface area contributed by atoms with Crippen LogP contribution in [-0.4, -0.2) is 15.1 Å². The normalized spacial score (nSPS) is 10.3. The van der Waals surface area contributed by atoms with Crippen LogP contribution in [0.5, 0.6) is 0 Å². The molecule has 0 bridgehead atoms. The largest absolute Gasteiger partial charge is 0.377 e. The molecule has 7 heteroatoms. The topological polar surface area (TPSA) is 94.1 Å². The zero-order valence-electron chi connectivity index (χ0n) is 10.0. The molecule has 0 saturated heterocycles. The Hall–Kier alpha value is -2.44. The van der Waals surface area contributed by atoms with E-state index < -0.39 is 4.92 Å². The minimum absolute atomic E-state index is 0.0873. The Kier molecular flexibility index (Phi) is 3.22. The second-order valence-corrected chi connectivity index (χ2v) is 3.84. The standard InChI is InChI=1S/C11H12N4O3/c1-7-3-4-9(5-10(7)15(16)17)12-6-11-13-8(2)18-14-11/h3-5,12H,6H2,1-2H3. The summed E-state index contributed by atoms with van der Waals surface area (Å²) in [5.74, 6) is 0.998. The molecule has 2 aromatic rings. The molecule has 0 atom stereocenters. The quantitative estimate of drug-likeness (QED) is 0.658. The molecule has 1 N–H and O–H groups in total. The summed E-state index contributed by atoms with van der Waals surface area (Å²) in [6, 6.07) is 4.96. The van der Waals surface area contributed by atoms with E-state index in [9.17, 15) is 10.1 Å². The number of hydrogen-bond acceptors (Lipinski definition) is 6. The van der Waals surface area contributed by atoms with E-state index in [1.165, 1.54) is 6.07 Å². The number of hydrogen-bond donors (Lipinski definition) is 1. The van der Waals surface area contributed by atoms with Crippen LogP contribution < -0.4 is 5.32 Å². The van der Waals surface area contributed by atoms with Crippen molar-refractivity contribution < 1.29 is 9.45 Å². The van der Waals surface area contributed by atoms with Crippen molar-refractivity contribution in [2.45, 2.75) is 20.4 Å². The van der Waals surface area contributed by atoms with Gasteiger partial charge in [-0.2, -0.15) is 4.98 Å². The molecular formula is C11H12N4O3. The number of aryl methyl sites for hydroxylation is 2. The van der Waals surface area contributed by atoms with Crippen LogP contribution in [0.15, 0.2) is 22.7 Å². The number of rotatable bonds is 4. The van der Waals surface area contributed by atoms with Crippen molar-refractivity contribution in [3.63, 3.8) is 0 Å². The van der Waals surface area contributed by atoms with Gasteiger partial charge in [0.2, 0.25) is 5.89 Å². The fraction of sp³-hybridized carbons (Fsp3) is 0.273. The fourth-order valence-electron chi connectivity index (χ4n) is 1.51. The summed E-state index contributed by atoms with van der Waals surface area (Å²) in [5, 5.41) is 17.5. The maximum Gasteiger partial charge on any atom is 0.274 e. The van der Waals surface area contributed by atoms with Gasteiger partial charge in [-0.25, -0.2) is 0 Å². The number of nitro benzene ring substituents is 1. The van der Waals surface area contributed by atoms with Crippen LogP contribution in [-0.2, 0) is 6.54 Å². The lowest BCUT2D eigenvalue weighted by atomic mass is 10.2. The molecule has 0 spiro atoms. The first-order chi connectivity index (χ1) is 8.56.